The molecule has 0 aromatic heterocycles. The van der Waals surface area contributed by atoms with Gasteiger partial charge in [-0.05, 0) is 0 Å². The van der Waals surface area contributed by atoms with Crippen molar-refractivity contribution in [1.29, 1.82) is 0 Å². The van der Waals surface area contributed by atoms with E-state index in [0.29, 0.717) is 0 Å². The van der Waals surface area contributed by atoms with Gasteiger partial charge in [-0.2, -0.15) is 0 Å². The smallest absolute Gasteiger partial charge is 0.412 e. The Kier molecular flexibility index (Phi) is 4.34. The van der Waals surface area contributed by atoms with Crippen LogP contribution in [0.1, 0.15) is 0 Å². The molecule has 48 valence electrons. The van der Waals surface area contributed by atoms with Crippen LogP contribution in [0.5, 0.6) is 0 Å². The van der Waals surface area contributed by atoms with Crippen molar-refractivity contribution in [2.45, 2.75) is 0 Å². The van der Waals surface area contributed by atoms with Crippen LogP contribution in [0.2, 0.25) is 0 Å². The van der Waals surface area contributed by atoms with E-state index in [0.717, 1.165) is 0 Å². The summed E-state index contributed by atoms with van der Waals surface area (Å²) in [4.78, 5) is 0. The molecule has 0 heterocycles. The molecule has 0 unspecified atom stereocenters. The summed E-state index contributed by atoms with van der Waals surface area (Å²) in [5.74, 6) is 0. The van der Waals surface area contributed by atoms with E-state index in [2.05, 4.69) is 0 Å². The topological polar surface area (TPSA) is 31.5 Å². The molecule has 0 bridgehead atoms. The molecule has 1 nitrogen and oxygen atoms in total. The maximum atomic E-state index is 4.98. The fourth-order valence-corrected chi connectivity index (χ4v) is 0. The zero-order valence-electron chi connectivity index (χ0n) is 2.84. The van der Waals surface area contributed by atoms with Gasteiger partial charge in [-0.15, -0.1) is 0 Å². The zero-order chi connectivity index (χ0) is 5.45. The summed E-state index contributed by atoms with van der Waals surface area (Å²) in [5.41, 5.74) is 0. The van der Waals surface area contributed by atoms with Crippen LogP contribution in [-0.4, -0.2) is 5.48 Å². The first-order chi connectivity index (χ1) is 2.24. The molecule has 7 heavy (non-hydrogen) atoms. The summed E-state index contributed by atoms with van der Waals surface area (Å²) in [5, 5.41) is 0. The van der Waals surface area contributed by atoms with Gasteiger partial charge in [0.25, 0.3) is 0 Å². The predicted octanol–water partition coefficient (Wildman–Crippen LogP) is 3.48. The number of rotatable bonds is 0. The van der Waals surface area contributed by atoms with Crippen LogP contribution in [0.15, 0.2) is 0 Å². The van der Waals surface area contributed by atoms with Crippen molar-refractivity contribution in [2.75, 3.05) is 0 Å². The number of hydrogen-bond acceptors (Lipinski definition) is 0. The average Bonchev–Trinajstić information content (AvgIpc) is 0.650. The van der Waals surface area contributed by atoms with Gasteiger partial charge >= 0.3 is 59.6 Å². The monoisotopic (exact) mass is 224 g/mol. The van der Waals surface area contributed by atoms with Gasteiger partial charge in [-0.1, -0.05) is 0 Å². The third-order valence-electron chi connectivity index (χ3n) is 0. The fourth-order valence-electron chi connectivity index (χ4n) is 0. The van der Waals surface area contributed by atoms with Gasteiger partial charge in [-0.3, -0.25) is 0 Å². The Morgan fingerprint density at radius 1 is 0.714 bits per heavy atom. The largest absolute Gasteiger partial charge is 0.412 e. The van der Waals surface area contributed by atoms with Gasteiger partial charge in [0.1, 0.15) is 0 Å². The second-order valence-electron chi connectivity index (χ2n) is 0.639. The summed E-state index contributed by atoms with van der Waals surface area (Å²) >= 11 is 24.9. The average molecular weight is 226 g/mol. The van der Waals surface area contributed by atoms with Crippen LogP contribution >= 0.6 is 59.6 Å². The Bertz CT molecular complexity index is 41.3. The third kappa shape index (κ3) is 79.0. The van der Waals surface area contributed by atoms with Crippen molar-refractivity contribution < 1.29 is 5.48 Å². The number of hydrogen-bond donors (Lipinski definition) is 0. The SMILES string of the molecule is ClP(Cl)(Cl)(Cl)Cl.O. The van der Waals surface area contributed by atoms with Crippen LogP contribution in [0.4, 0.5) is 0 Å². The molecule has 0 rings (SSSR count). The first kappa shape index (κ1) is 11.6. The summed E-state index contributed by atoms with van der Waals surface area (Å²) in [6, 6.07) is 0. The minimum Gasteiger partial charge on any atom is -0.412 e. The second-order valence-corrected chi connectivity index (χ2v) is 17.2. The minimum atomic E-state index is -3.69. The summed E-state index contributed by atoms with van der Waals surface area (Å²) < 4.78 is -3.69. The van der Waals surface area contributed by atoms with E-state index >= 15 is 0 Å². The van der Waals surface area contributed by atoms with Crippen molar-refractivity contribution >= 4 is 59.6 Å². The van der Waals surface area contributed by atoms with Crippen molar-refractivity contribution in [1.82, 2.24) is 0 Å². The fraction of sp³-hybridized carbons (Fsp3) is 0. The Morgan fingerprint density at radius 3 is 0.714 bits per heavy atom. The van der Waals surface area contributed by atoms with Crippen LogP contribution in [-0.2, 0) is 0 Å². The van der Waals surface area contributed by atoms with Gasteiger partial charge in [0.2, 0.25) is 0 Å². The molecule has 0 spiro atoms. The normalized spacial score (nSPS) is 16.4. The van der Waals surface area contributed by atoms with Gasteiger partial charge in [0.05, 0.1) is 0 Å². The zero-order valence-corrected chi connectivity index (χ0v) is 7.51. The van der Waals surface area contributed by atoms with Gasteiger partial charge < -0.3 is 5.48 Å². The van der Waals surface area contributed by atoms with Crippen molar-refractivity contribution in [3.05, 3.63) is 0 Å². The van der Waals surface area contributed by atoms with Gasteiger partial charge in [0.15, 0.2) is 0 Å². The van der Waals surface area contributed by atoms with E-state index in [9.17, 15) is 0 Å². The van der Waals surface area contributed by atoms with Crippen LogP contribution in [0.25, 0.3) is 0 Å². The Hall–Kier alpha value is 1.84. The van der Waals surface area contributed by atoms with Crippen LogP contribution < -0.4 is 0 Å². The quantitative estimate of drug-likeness (QED) is 0.566. The summed E-state index contributed by atoms with van der Waals surface area (Å²) in [6.45, 7) is 0. The van der Waals surface area contributed by atoms with Crippen molar-refractivity contribution in [2.24, 2.45) is 0 Å². The van der Waals surface area contributed by atoms with Crippen molar-refractivity contribution in [3.63, 3.8) is 0 Å². The molecule has 0 atom stereocenters. The molecule has 0 fully saturated rings. The molecule has 0 saturated carbocycles. The molecule has 0 aromatic rings. The molecule has 0 aromatic carbocycles. The van der Waals surface area contributed by atoms with E-state index < -0.39 is 3.37 Å². The van der Waals surface area contributed by atoms with Crippen LogP contribution in [0, 0.1) is 0 Å². The predicted molar refractivity (Wildman–Crippen MR) is 39.8 cm³/mol. The standard InChI is InChI=1S/Cl5P.H2O/c1-6(2,3,4)5;/h;1H2. The maximum Gasteiger partial charge on any atom is -0.412 e. The van der Waals surface area contributed by atoms with Crippen LogP contribution in [0.3, 0.4) is 0 Å². The van der Waals surface area contributed by atoms with Gasteiger partial charge in [0, 0.05) is 0 Å². The molecular weight excluding hydrogens is 224 g/mol. The molecule has 0 radical (unpaired) electrons. The maximum absolute atomic E-state index is 4.98. The molecule has 0 amide bonds. The Balaban J connectivity index is 0. The van der Waals surface area contributed by atoms with E-state index in [1.54, 1.807) is 0 Å². The molecule has 0 aliphatic rings. The van der Waals surface area contributed by atoms with E-state index in [1.165, 1.54) is 0 Å². The minimum absolute atomic E-state index is 0. The first-order valence-electron chi connectivity index (χ1n) is 0.845. The Labute approximate surface area is 65.0 Å². The van der Waals surface area contributed by atoms with Crippen molar-refractivity contribution in [3.8, 4) is 0 Å². The molecule has 0 aliphatic heterocycles. The van der Waals surface area contributed by atoms with E-state index in [4.69, 9.17) is 56.2 Å². The molecular formula is H2Cl5OP. The van der Waals surface area contributed by atoms with E-state index in [-0.39, 0.29) is 5.48 Å². The summed E-state index contributed by atoms with van der Waals surface area (Å²) in [6.07, 6.45) is 0. The number of halogens is 5. The third-order valence-corrected chi connectivity index (χ3v) is 0. The first-order valence-corrected chi connectivity index (χ1v) is 7.61. The molecule has 7 heteroatoms. The molecule has 0 aliphatic carbocycles. The van der Waals surface area contributed by atoms with E-state index in [1.807, 2.05) is 0 Å². The summed E-state index contributed by atoms with van der Waals surface area (Å²) in [7, 11) is 0. The van der Waals surface area contributed by atoms with Gasteiger partial charge in [-0.25, -0.2) is 0 Å². The second kappa shape index (κ2) is 2.62. The Morgan fingerprint density at radius 2 is 0.714 bits per heavy atom. The molecule has 0 saturated heterocycles. The molecule has 2 N–H and O–H groups in total.